The van der Waals surface area contributed by atoms with Crippen molar-refractivity contribution in [2.45, 2.75) is 32.6 Å². The van der Waals surface area contributed by atoms with Crippen LogP contribution < -0.4 is 5.32 Å². The van der Waals surface area contributed by atoms with E-state index in [0.717, 1.165) is 6.42 Å². The first-order valence-electron chi connectivity index (χ1n) is 5.68. The van der Waals surface area contributed by atoms with Gasteiger partial charge in [0.05, 0.1) is 12.0 Å². The number of nitrogens with one attached hydrogen (secondary N) is 1. The molecule has 0 saturated heterocycles. The van der Waals surface area contributed by atoms with E-state index in [1.165, 1.54) is 0 Å². The van der Waals surface area contributed by atoms with E-state index >= 15 is 0 Å². The zero-order valence-corrected chi connectivity index (χ0v) is 9.62. The summed E-state index contributed by atoms with van der Waals surface area (Å²) in [5.74, 6) is -0.946. The summed E-state index contributed by atoms with van der Waals surface area (Å²) in [6, 6.07) is 0. The van der Waals surface area contributed by atoms with E-state index in [1.807, 2.05) is 6.92 Å². The van der Waals surface area contributed by atoms with Gasteiger partial charge in [0.2, 0.25) is 5.91 Å². The Morgan fingerprint density at radius 3 is 2.56 bits per heavy atom. The van der Waals surface area contributed by atoms with Gasteiger partial charge in [-0.2, -0.15) is 0 Å². The highest BCUT2D eigenvalue weighted by Gasteiger charge is 2.50. The van der Waals surface area contributed by atoms with Gasteiger partial charge in [-0.05, 0) is 19.3 Å². The fourth-order valence-corrected chi connectivity index (χ4v) is 1.38. The quantitative estimate of drug-likeness (QED) is 0.603. The van der Waals surface area contributed by atoms with E-state index in [-0.39, 0.29) is 12.5 Å². The van der Waals surface area contributed by atoms with Crippen LogP contribution in [-0.4, -0.2) is 36.7 Å². The van der Waals surface area contributed by atoms with Crippen LogP contribution in [-0.2, 0) is 14.3 Å². The Bertz CT molecular complexity index is 261. The van der Waals surface area contributed by atoms with Crippen molar-refractivity contribution >= 4 is 11.9 Å². The van der Waals surface area contributed by atoms with Gasteiger partial charge in [0.1, 0.15) is 0 Å². The van der Waals surface area contributed by atoms with Gasteiger partial charge < -0.3 is 15.2 Å². The zero-order valence-electron chi connectivity index (χ0n) is 9.62. The maximum Gasteiger partial charge on any atom is 0.311 e. The van der Waals surface area contributed by atoms with Gasteiger partial charge in [0, 0.05) is 19.6 Å². The third-order valence-corrected chi connectivity index (χ3v) is 2.75. The van der Waals surface area contributed by atoms with Crippen molar-refractivity contribution in [3.63, 3.8) is 0 Å². The predicted molar refractivity (Wildman–Crippen MR) is 58.0 cm³/mol. The summed E-state index contributed by atoms with van der Waals surface area (Å²) in [7, 11) is 0. The first-order valence-corrected chi connectivity index (χ1v) is 5.68. The molecule has 0 aromatic rings. The minimum atomic E-state index is -0.810. The van der Waals surface area contributed by atoms with E-state index in [1.54, 1.807) is 0 Å². The molecule has 1 amide bonds. The van der Waals surface area contributed by atoms with Crippen LogP contribution in [0.2, 0.25) is 0 Å². The Balaban J connectivity index is 2.09. The smallest absolute Gasteiger partial charge is 0.311 e. The molecule has 1 fully saturated rings. The van der Waals surface area contributed by atoms with E-state index in [0.29, 0.717) is 32.5 Å². The number of carbonyl (C=O) groups excluding carboxylic acids is 1. The molecule has 0 unspecified atom stereocenters. The third-order valence-electron chi connectivity index (χ3n) is 2.75. The topological polar surface area (TPSA) is 75.6 Å². The van der Waals surface area contributed by atoms with Crippen LogP contribution in [0.25, 0.3) is 0 Å². The minimum absolute atomic E-state index is 0.136. The molecule has 1 aliphatic rings. The molecule has 0 radical (unpaired) electrons. The number of amides is 1. The first kappa shape index (κ1) is 13.0. The van der Waals surface area contributed by atoms with Crippen LogP contribution in [0.4, 0.5) is 0 Å². The summed E-state index contributed by atoms with van der Waals surface area (Å²) < 4.78 is 5.17. The van der Waals surface area contributed by atoms with Crippen LogP contribution in [0.3, 0.4) is 0 Å². The molecular weight excluding hydrogens is 210 g/mol. The van der Waals surface area contributed by atoms with E-state index in [2.05, 4.69) is 5.32 Å². The molecule has 5 nitrogen and oxygen atoms in total. The summed E-state index contributed by atoms with van der Waals surface area (Å²) >= 11 is 0. The van der Waals surface area contributed by atoms with Crippen LogP contribution in [0, 0.1) is 5.41 Å². The fourth-order valence-electron chi connectivity index (χ4n) is 1.38. The van der Waals surface area contributed by atoms with Crippen molar-refractivity contribution in [2.75, 3.05) is 19.8 Å². The monoisotopic (exact) mass is 229 g/mol. The third kappa shape index (κ3) is 3.81. The maximum absolute atomic E-state index is 11.3. The summed E-state index contributed by atoms with van der Waals surface area (Å²) in [6.45, 7) is 3.31. The maximum atomic E-state index is 11.3. The number of aliphatic carboxylic acids is 1. The largest absolute Gasteiger partial charge is 0.481 e. The molecule has 0 bridgehead atoms. The number of rotatable bonds is 8. The Morgan fingerprint density at radius 2 is 2.06 bits per heavy atom. The predicted octanol–water partition coefficient (Wildman–Crippen LogP) is 0.784. The summed E-state index contributed by atoms with van der Waals surface area (Å²) in [5.41, 5.74) is -0.681. The van der Waals surface area contributed by atoms with Crippen molar-refractivity contribution in [2.24, 2.45) is 5.41 Å². The zero-order chi connectivity index (χ0) is 12.0. The van der Waals surface area contributed by atoms with Crippen molar-refractivity contribution in [1.82, 2.24) is 5.32 Å². The van der Waals surface area contributed by atoms with Crippen molar-refractivity contribution in [3.8, 4) is 0 Å². The normalized spacial score (nSPS) is 16.8. The first-order chi connectivity index (χ1) is 7.60. The van der Waals surface area contributed by atoms with Gasteiger partial charge in [0.25, 0.3) is 0 Å². The minimum Gasteiger partial charge on any atom is -0.481 e. The molecule has 2 N–H and O–H groups in total. The number of hydrogen-bond donors (Lipinski definition) is 2. The number of carboxylic acids is 1. The molecule has 0 spiro atoms. The second kappa shape index (κ2) is 5.84. The van der Waals surface area contributed by atoms with Crippen LogP contribution in [0.5, 0.6) is 0 Å². The second-order valence-electron chi connectivity index (χ2n) is 4.22. The lowest BCUT2D eigenvalue weighted by atomic mass is 10.1. The number of carbonyl (C=O) groups is 2. The lowest BCUT2D eigenvalue weighted by Gasteiger charge is -2.11. The van der Waals surface area contributed by atoms with Crippen molar-refractivity contribution in [3.05, 3.63) is 0 Å². The molecule has 1 saturated carbocycles. The van der Waals surface area contributed by atoms with Gasteiger partial charge in [-0.25, -0.2) is 0 Å². The highest BCUT2D eigenvalue weighted by Crippen LogP contribution is 2.45. The Labute approximate surface area is 95.2 Å². The molecule has 1 rings (SSSR count). The molecule has 16 heavy (non-hydrogen) atoms. The van der Waals surface area contributed by atoms with Gasteiger partial charge >= 0.3 is 5.97 Å². The highest BCUT2D eigenvalue weighted by atomic mass is 16.5. The Hall–Kier alpha value is -1.10. The van der Waals surface area contributed by atoms with E-state index < -0.39 is 11.4 Å². The second-order valence-corrected chi connectivity index (χ2v) is 4.22. The van der Waals surface area contributed by atoms with Gasteiger partial charge in [0.15, 0.2) is 0 Å². The molecule has 0 atom stereocenters. The van der Waals surface area contributed by atoms with Gasteiger partial charge in [-0.3, -0.25) is 9.59 Å². The lowest BCUT2D eigenvalue weighted by molar-refractivity contribution is -0.143. The molecule has 0 aromatic heterocycles. The van der Waals surface area contributed by atoms with Crippen LogP contribution in [0.15, 0.2) is 0 Å². The molecule has 1 aliphatic carbocycles. The summed E-state index contributed by atoms with van der Waals surface area (Å²) in [4.78, 5) is 22.1. The Kier molecular flexibility index (Phi) is 4.73. The average molecular weight is 229 g/mol. The summed E-state index contributed by atoms with van der Waals surface area (Å²) in [5, 5.41) is 11.5. The molecular formula is C11H19NO4. The molecule has 0 aliphatic heterocycles. The molecule has 0 heterocycles. The number of carboxylic acid groups (broad SMARTS) is 1. The fraction of sp³-hybridized carbons (Fsp3) is 0.818. The molecule has 0 aromatic carbocycles. The van der Waals surface area contributed by atoms with Crippen molar-refractivity contribution < 1.29 is 19.4 Å². The average Bonchev–Trinajstić information content (AvgIpc) is 3.03. The molecule has 92 valence electrons. The van der Waals surface area contributed by atoms with Crippen LogP contribution in [0.1, 0.15) is 32.6 Å². The van der Waals surface area contributed by atoms with E-state index in [4.69, 9.17) is 9.84 Å². The number of hydrogen-bond acceptors (Lipinski definition) is 3. The van der Waals surface area contributed by atoms with Crippen molar-refractivity contribution in [1.29, 1.82) is 0 Å². The lowest BCUT2D eigenvalue weighted by Crippen LogP contribution is -2.34. The van der Waals surface area contributed by atoms with Gasteiger partial charge in [-0.1, -0.05) is 6.92 Å². The van der Waals surface area contributed by atoms with Gasteiger partial charge in [-0.15, -0.1) is 0 Å². The summed E-state index contributed by atoms with van der Waals surface area (Å²) in [6.07, 6.45) is 2.56. The highest BCUT2D eigenvalue weighted by molar-refractivity contribution is 5.80. The van der Waals surface area contributed by atoms with E-state index in [9.17, 15) is 9.59 Å². The Morgan fingerprint density at radius 1 is 1.38 bits per heavy atom. The molecule has 5 heteroatoms. The van der Waals surface area contributed by atoms with Crippen LogP contribution >= 0.6 is 0 Å². The SMILES string of the molecule is CCCOCCC(=O)NCC1(C(=O)O)CC1. The standard InChI is InChI=1S/C11H19NO4/c1-2-6-16-7-3-9(13)12-8-11(4-5-11)10(14)15/h2-8H2,1H3,(H,12,13)(H,14,15). The number of ether oxygens (including phenoxy) is 1.